The van der Waals surface area contributed by atoms with Crippen LogP contribution in [-0.4, -0.2) is 20.3 Å². The fourth-order valence-electron chi connectivity index (χ4n) is 1.03. The van der Waals surface area contributed by atoms with E-state index in [-0.39, 0.29) is 0 Å². The zero-order chi connectivity index (χ0) is 10.4. The first-order chi connectivity index (χ1) is 6.77. The number of halogens is 2. The van der Waals surface area contributed by atoms with Gasteiger partial charge in [-0.25, -0.2) is 0 Å². The quantitative estimate of drug-likeness (QED) is 0.576. The Bertz CT molecular complexity index is 289. The monoisotopic (exact) mass is 234 g/mol. The molecule has 0 heterocycles. The lowest BCUT2D eigenvalue weighted by Crippen LogP contribution is -2.05. The first-order valence-electron chi connectivity index (χ1n) is 4.24. The van der Waals surface area contributed by atoms with Gasteiger partial charge < -0.3 is 9.47 Å². The van der Waals surface area contributed by atoms with E-state index in [9.17, 15) is 0 Å². The molecular formula is C10H12Cl2O2. The molecule has 0 fully saturated rings. The minimum atomic E-state index is 0.392. The van der Waals surface area contributed by atoms with Crippen molar-refractivity contribution >= 4 is 23.2 Å². The van der Waals surface area contributed by atoms with Gasteiger partial charge in [-0.05, 0) is 18.2 Å². The maximum absolute atomic E-state index is 5.82. The molecular weight excluding hydrogens is 223 g/mol. The summed E-state index contributed by atoms with van der Waals surface area (Å²) in [7, 11) is 1.63. The van der Waals surface area contributed by atoms with E-state index in [0.717, 1.165) is 11.3 Å². The summed E-state index contributed by atoms with van der Waals surface area (Å²) in [4.78, 5) is 0. The van der Waals surface area contributed by atoms with Gasteiger partial charge in [0.1, 0.15) is 12.4 Å². The summed E-state index contributed by atoms with van der Waals surface area (Å²) in [5.41, 5.74) is 0.898. The van der Waals surface area contributed by atoms with Crippen LogP contribution in [0.1, 0.15) is 5.56 Å². The Morgan fingerprint density at radius 2 is 2.07 bits per heavy atom. The largest absolute Gasteiger partial charge is 0.491 e. The van der Waals surface area contributed by atoms with Gasteiger partial charge in [0.15, 0.2) is 0 Å². The van der Waals surface area contributed by atoms with Crippen molar-refractivity contribution < 1.29 is 9.47 Å². The van der Waals surface area contributed by atoms with E-state index in [0.29, 0.717) is 24.1 Å². The summed E-state index contributed by atoms with van der Waals surface area (Å²) in [5, 5.41) is 0.666. The van der Waals surface area contributed by atoms with Crippen LogP contribution >= 0.6 is 23.2 Å². The van der Waals surface area contributed by atoms with Crippen molar-refractivity contribution in [3.05, 3.63) is 28.8 Å². The van der Waals surface area contributed by atoms with Gasteiger partial charge in [-0.1, -0.05) is 11.6 Å². The predicted molar refractivity (Wildman–Crippen MR) is 58.4 cm³/mol. The van der Waals surface area contributed by atoms with Crippen LogP contribution in [0.3, 0.4) is 0 Å². The maximum Gasteiger partial charge on any atom is 0.123 e. The van der Waals surface area contributed by atoms with Crippen LogP contribution in [-0.2, 0) is 10.6 Å². The highest BCUT2D eigenvalue weighted by molar-refractivity contribution is 6.30. The van der Waals surface area contributed by atoms with Crippen LogP contribution in [0, 0.1) is 0 Å². The van der Waals surface area contributed by atoms with Gasteiger partial charge in [0, 0.05) is 17.7 Å². The van der Waals surface area contributed by atoms with Crippen molar-refractivity contribution in [2.45, 2.75) is 5.88 Å². The number of ether oxygens (including phenoxy) is 2. The number of rotatable bonds is 5. The van der Waals surface area contributed by atoms with Crippen molar-refractivity contribution in [1.82, 2.24) is 0 Å². The van der Waals surface area contributed by atoms with E-state index < -0.39 is 0 Å². The maximum atomic E-state index is 5.82. The molecule has 14 heavy (non-hydrogen) atoms. The van der Waals surface area contributed by atoms with Crippen molar-refractivity contribution in [1.29, 1.82) is 0 Å². The van der Waals surface area contributed by atoms with Gasteiger partial charge in [0.05, 0.1) is 12.5 Å². The van der Waals surface area contributed by atoms with Gasteiger partial charge >= 0.3 is 0 Å². The molecule has 1 aromatic carbocycles. The lowest BCUT2D eigenvalue weighted by atomic mass is 10.2. The zero-order valence-corrected chi connectivity index (χ0v) is 9.44. The van der Waals surface area contributed by atoms with Crippen LogP contribution < -0.4 is 4.74 Å². The molecule has 0 amide bonds. The summed E-state index contributed by atoms with van der Waals surface area (Å²) >= 11 is 11.6. The molecule has 0 aliphatic carbocycles. The van der Waals surface area contributed by atoms with Crippen molar-refractivity contribution in [2.24, 2.45) is 0 Å². The number of hydrogen-bond donors (Lipinski definition) is 0. The smallest absolute Gasteiger partial charge is 0.123 e. The Labute approximate surface area is 93.7 Å². The van der Waals surface area contributed by atoms with Crippen LogP contribution in [0.5, 0.6) is 5.75 Å². The molecule has 2 nitrogen and oxygen atoms in total. The average Bonchev–Trinajstić information content (AvgIpc) is 2.20. The van der Waals surface area contributed by atoms with E-state index in [1.807, 2.05) is 6.07 Å². The highest BCUT2D eigenvalue weighted by Gasteiger charge is 2.03. The molecule has 78 valence electrons. The second kappa shape index (κ2) is 6.12. The third-order valence-electron chi connectivity index (χ3n) is 1.71. The summed E-state index contributed by atoms with van der Waals surface area (Å²) in [6, 6.07) is 5.39. The molecule has 1 rings (SSSR count). The average molecular weight is 235 g/mol. The highest BCUT2D eigenvalue weighted by Crippen LogP contribution is 2.24. The molecule has 0 aliphatic rings. The van der Waals surface area contributed by atoms with Crippen LogP contribution in [0.25, 0.3) is 0 Å². The summed E-state index contributed by atoms with van der Waals surface area (Å²) in [6.07, 6.45) is 0. The molecule has 4 heteroatoms. The Hall–Kier alpha value is -0.440. The first-order valence-corrected chi connectivity index (χ1v) is 5.15. The Morgan fingerprint density at radius 3 is 2.71 bits per heavy atom. The Morgan fingerprint density at radius 1 is 1.29 bits per heavy atom. The molecule has 0 aliphatic heterocycles. The van der Waals surface area contributed by atoms with Crippen LogP contribution in [0.2, 0.25) is 5.02 Å². The van der Waals surface area contributed by atoms with E-state index in [1.165, 1.54) is 0 Å². The molecule has 0 aromatic heterocycles. The third kappa shape index (κ3) is 3.37. The summed E-state index contributed by atoms with van der Waals surface area (Å²) < 4.78 is 10.3. The fraction of sp³-hybridized carbons (Fsp3) is 0.400. The molecule has 0 saturated heterocycles. The van der Waals surface area contributed by atoms with Gasteiger partial charge in [-0.15, -0.1) is 11.6 Å². The summed E-state index contributed by atoms with van der Waals surface area (Å²) in [5.74, 6) is 1.16. The van der Waals surface area contributed by atoms with Crippen molar-refractivity contribution in [3.63, 3.8) is 0 Å². The standard InChI is InChI=1S/C10H12Cl2O2/c1-13-4-5-14-10-3-2-9(12)6-8(10)7-11/h2-3,6H,4-5,7H2,1H3. The molecule has 0 radical (unpaired) electrons. The minimum absolute atomic E-state index is 0.392. The zero-order valence-electron chi connectivity index (χ0n) is 7.93. The molecule has 0 N–H and O–H groups in total. The SMILES string of the molecule is COCCOc1ccc(Cl)cc1CCl. The van der Waals surface area contributed by atoms with E-state index in [4.69, 9.17) is 32.7 Å². The van der Waals surface area contributed by atoms with E-state index in [2.05, 4.69) is 0 Å². The number of methoxy groups -OCH3 is 1. The molecule has 0 atom stereocenters. The minimum Gasteiger partial charge on any atom is -0.491 e. The van der Waals surface area contributed by atoms with Gasteiger partial charge in [-0.3, -0.25) is 0 Å². The Balaban J connectivity index is 2.65. The second-order valence-electron chi connectivity index (χ2n) is 2.73. The normalized spacial score (nSPS) is 10.2. The predicted octanol–water partition coefficient (Wildman–Crippen LogP) is 3.10. The first kappa shape index (κ1) is 11.6. The Kier molecular flexibility index (Phi) is 5.09. The molecule has 0 spiro atoms. The van der Waals surface area contributed by atoms with Gasteiger partial charge in [-0.2, -0.15) is 0 Å². The topological polar surface area (TPSA) is 18.5 Å². The number of benzene rings is 1. The third-order valence-corrected chi connectivity index (χ3v) is 2.23. The van der Waals surface area contributed by atoms with Crippen LogP contribution in [0.4, 0.5) is 0 Å². The van der Waals surface area contributed by atoms with Gasteiger partial charge in [0.2, 0.25) is 0 Å². The molecule has 0 unspecified atom stereocenters. The lowest BCUT2D eigenvalue weighted by molar-refractivity contribution is 0.146. The lowest BCUT2D eigenvalue weighted by Gasteiger charge is -2.09. The fourth-order valence-corrected chi connectivity index (χ4v) is 1.43. The molecule has 1 aromatic rings. The number of alkyl halides is 1. The molecule has 0 saturated carbocycles. The second-order valence-corrected chi connectivity index (χ2v) is 3.43. The summed E-state index contributed by atoms with van der Waals surface area (Å²) in [6.45, 7) is 1.08. The van der Waals surface area contributed by atoms with Crippen molar-refractivity contribution in [2.75, 3.05) is 20.3 Å². The van der Waals surface area contributed by atoms with Gasteiger partial charge in [0.25, 0.3) is 0 Å². The number of hydrogen-bond acceptors (Lipinski definition) is 2. The highest BCUT2D eigenvalue weighted by atomic mass is 35.5. The van der Waals surface area contributed by atoms with E-state index in [1.54, 1.807) is 19.2 Å². The van der Waals surface area contributed by atoms with Crippen molar-refractivity contribution in [3.8, 4) is 5.75 Å². The molecule has 0 bridgehead atoms. The van der Waals surface area contributed by atoms with Crippen LogP contribution in [0.15, 0.2) is 18.2 Å². The van der Waals surface area contributed by atoms with E-state index >= 15 is 0 Å².